The van der Waals surface area contributed by atoms with E-state index in [4.69, 9.17) is 0 Å². The third kappa shape index (κ3) is 3.15. The number of hydrogen-bond acceptors (Lipinski definition) is 1. The minimum absolute atomic E-state index is 0.677. The van der Waals surface area contributed by atoms with Crippen molar-refractivity contribution in [2.45, 2.75) is 19.1 Å². The molecule has 1 aromatic rings. The molecule has 1 unspecified atom stereocenters. The number of hydrogen-bond donors (Lipinski definition) is 1. The molecular formula is C10H8F5NO. The van der Waals surface area contributed by atoms with Crippen molar-refractivity contribution in [1.29, 1.82) is 0 Å². The highest BCUT2D eigenvalue weighted by molar-refractivity contribution is 5.94. The molecule has 17 heavy (non-hydrogen) atoms. The summed E-state index contributed by atoms with van der Waals surface area (Å²) in [5, 5.41) is 1.47. The zero-order valence-corrected chi connectivity index (χ0v) is 8.61. The van der Waals surface area contributed by atoms with Crippen molar-refractivity contribution < 1.29 is 26.7 Å². The lowest BCUT2D eigenvalue weighted by Gasteiger charge is -2.17. The van der Waals surface area contributed by atoms with Crippen LogP contribution in [0.5, 0.6) is 0 Å². The SMILES string of the molecule is CC(NC(=O)c1c(F)cccc1F)C(F)(F)F. The Labute approximate surface area is 93.4 Å². The second-order valence-electron chi connectivity index (χ2n) is 3.33. The maximum atomic E-state index is 13.1. The molecule has 2 nitrogen and oxygen atoms in total. The van der Waals surface area contributed by atoms with Crippen LogP contribution in [0.15, 0.2) is 18.2 Å². The molecule has 1 amide bonds. The van der Waals surface area contributed by atoms with Crippen molar-refractivity contribution >= 4 is 5.91 Å². The van der Waals surface area contributed by atoms with E-state index >= 15 is 0 Å². The average molecular weight is 253 g/mol. The summed E-state index contributed by atoms with van der Waals surface area (Å²) in [6.07, 6.45) is -4.67. The van der Waals surface area contributed by atoms with Gasteiger partial charge in [-0.1, -0.05) is 6.07 Å². The van der Waals surface area contributed by atoms with Gasteiger partial charge in [0, 0.05) is 0 Å². The smallest absolute Gasteiger partial charge is 0.340 e. The second-order valence-corrected chi connectivity index (χ2v) is 3.33. The van der Waals surface area contributed by atoms with E-state index in [-0.39, 0.29) is 0 Å². The number of alkyl halides is 3. The van der Waals surface area contributed by atoms with Crippen LogP contribution in [0.3, 0.4) is 0 Å². The maximum absolute atomic E-state index is 13.1. The highest BCUT2D eigenvalue weighted by Gasteiger charge is 2.37. The molecule has 0 saturated carbocycles. The topological polar surface area (TPSA) is 29.1 Å². The van der Waals surface area contributed by atoms with E-state index in [0.29, 0.717) is 6.92 Å². The van der Waals surface area contributed by atoms with Crippen molar-refractivity contribution in [1.82, 2.24) is 5.32 Å². The molecule has 94 valence electrons. The van der Waals surface area contributed by atoms with Crippen molar-refractivity contribution in [3.8, 4) is 0 Å². The standard InChI is InChI=1S/C10H8F5NO/c1-5(10(13,14)15)16-9(17)8-6(11)3-2-4-7(8)12/h2-5H,1H3,(H,16,17). The number of carbonyl (C=O) groups excluding carboxylic acids is 1. The Balaban J connectivity index is 2.92. The van der Waals surface area contributed by atoms with E-state index in [1.807, 2.05) is 0 Å². The molecule has 0 fully saturated rings. The number of rotatable bonds is 2. The lowest BCUT2D eigenvalue weighted by molar-refractivity contribution is -0.149. The molecule has 0 saturated heterocycles. The number of carbonyl (C=O) groups is 1. The fourth-order valence-corrected chi connectivity index (χ4v) is 1.07. The van der Waals surface area contributed by atoms with Crippen LogP contribution in [0.2, 0.25) is 0 Å². The minimum atomic E-state index is -4.67. The number of benzene rings is 1. The lowest BCUT2D eigenvalue weighted by Crippen LogP contribution is -2.43. The number of halogens is 5. The Morgan fingerprint density at radius 1 is 1.24 bits per heavy atom. The van der Waals surface area contributed by atoms with E-state index in [9.17, 15) is 26.7 Å². The van der Waals surface area contributed by atoms with Gasteiger partial charge >= 0.3 is 6.18 Å². The molecule has 0 heterocycles. The van der Waals surface area contributed by atoms with Gasteiger partial charge in [0.1, 0.15) is 23.2 Å². The van der Waals surface area contributed by atoms with Gasteiger partial charge in [-0.2, -0.15) is 13.2 Å². The molecule has 0 aliphatic rings. The molecular weight excluding hydrogens is 245 g/mol. The van der Waals surface area contributed by atoms with Crippen LogP contribution in [0.4, 0.5) is 22.0 Å². The summed E-state index contributed by atoms with van der Waals surface area (Å²) in [5.41, 5.74) is -1.02. The fraction of sp³-hybridized carbons (Fsp3) is 0.300. The zero-order chi connectivity index (χ0) is 13.2. The summed E-state index contributed by atoms with van der Waals surface area (Å²) in [6, 6.07) is 0.398. The van der Waals surface area contributed by atoms with Crippen molar-refractivity contribution in [3.05, 3.63) is 35.4 Å². The first-order valence-corrected chi connectivity index (χ1v) is 4.55. The minimum Gasteiger partial charge on any atom is -0.340 e. The van der Waals surface area contributed by atoms with E-state index in [0.717, 1.165) is 18.2 Å². The largest absolute Gasteiger partial charge is 0.408 e. The monoisotopic (exact) mass is 253 g/mol. The summed E-state index contributed by atoms with van der Waals surface area (Å²) in [7, 11) is 0. The van der Waals surface area contributed by atoms with Crippen LogP contribution in [0.1, 0.15) is 17.3 Å². The molecule has 0 aromatic heterocycles. The molecule has 0 radical (unpaired) electrons. The molecule has 0 bridgehead atoms. The van der Waals surface area contributed by atoms with Crippen molar-refractivity contribution in [2.24, 2.45) is 0 Å². The lowest BCUT2D eigenvalue weighted by atomic mass is 10.1. The molecule has 0 spiro atoms. The van der Waals surface area contributed by atoms with E-state index < -0.39 is 35.3 Å². The summed E-state index contributed by atoms with van der Waals surface area (Å²) in [5.74, 6) is -3.86. The Morgan fingerprint density at radius 2 is 1.71 bits per heavy atom. The number of amides is 1. The van der Waals surface area contributed by atoms with Crippen LogP contribution in [-0.4, -0.2) is 18.1 Å². The summed E-state index contributed by atoms with van der Waals surface area (Å²) < 4.78 is 62.5. The van der Waals surface area contributed by atoms with Gasteiger partial charge in [-0.15, -0.1) is 0 Å². The van der Waals surface area contributed by atoms with Crippen LogP contribution < -0.4 is 5.32 Å². The van der Waals surface area contributed by atoms with Gasteiger partial charge in [0.15, 0.2) is 0 Å². The third-order valence-corrected chi connectivity index (χ3v) is 2.03. The van der Waals surface area contributed by atoms with Gasteiger partial charge in [-0.25, -0.2) is 8.78 Å². The molecule has 1 N–H and O–H groups in total. The molecule has 0 aliphatic heterocycles. The molecule has 1 atom stereocenters. The number of nitrogens with one attached hydrogen (secondary N) is 1. The summed E-state index contributed by atoms with van der Waals surface area (Å²) in [4.78, 5) is 11.3. The quantitative estimate of drug-likeness (QED) is 0.806. The first kappa shape index (κ1) is 13.4. The molecule has 1 aromatic carbocycles. The normalized spacial score (nSPS) is 13.3. The summed E-state index contributed by atoms with van der Waals surface area (Å²) in [6.45, 7) is 0.677. The third-order valence-electron chi connectivity index (χ3n) is 2.03. The predicted molar refractivity (Wildman–Crippen MR) is 49.3 cm³/mol. The van der Waals surface area contributed by atoms with Gasteiger partial charge in [0.25, 0.3) is 5.91 Å². The van der Waals surface area contributed by atoms with Gasteiger partial charge in [0.2, 0.25) is 0 Å². The van der Waals surface area contributed by atoms with E-state index in [1.54, 1.807) is 0 Å². The first-order chi connectivity index (χ1) is 7.73. The maximum Gasteiger partial charge on any atom is 0.408 e. The first-order valence-electron chi connectivity index (χ1n) is 4.55. The van der Waals surface area contributed by atoms with Gasteiger partial charge in [0.05, 0.1) is 0 Å². The molecule has 7 heteroatoms. The average Bonchev–Trinajstić information content (AvgIpc) is 2.15. The molecule has 0 aliphatic carbocycles. The second kappa shape index (κ2) is 4.68. The van der Waals surface area contributed by atoms with Gasteiger partial charge in [-0.3, -0.25) is 4.79 Å². The van der Waals surface area contributed by atoms with E-state index in [2.05, 4.69) is 0 Å². The predicted octanol–water partition coefficient (Wildman–Crippen LogP) is 2.65. The van der Waals surface area contributed by atoms with Crippen molar-refractivity contribution in [2.75, 3.05) is 0 Å². The van der Waals surface area contributed by atoms with E-state index in [1.165, 1.54) is 5.32 Å². The Hall–Kier alpha value is -1.66. The Morgan fingerprint density at radius 3 is 2.12 bits per heavy atom. The Bertz CT molecular complexity index is 409. The highest BCUT2D eigenvalue weighted by Crippen LogP contribution is 2.20. The zero-order valence-electron chi connectivity index (χ0n) is 8.61. The van der Waals surface area contributed by atoms with Crippen LogP contribution >= 0.6 is 0 Å². The van der Waals surface area contributed by atoms with Crippen LogP contribution in [-0.2, 0) is 0 Å². The van der Waals surface area contributed by atoms with Gasteiger partial charge < -0.3 is 5.32 Å². The van der Waals surface area contributed by atoms with Crippen LogP contribution in [0, 0.1) is 11.6 Å². The van der Waals surface area contributed by atoms with Crippen molar-refractivity contribution in [3.63, 3.8) is 0 Å². The Kier molecular flexibility index (Phi) is 3.69. The fourth-order valence-electron chi connectivity index (χ4n) is 1.07. The highest BCUT2D eigenvalue weighted by atomic mass is 19.4. The van der Waals surface area contributed by atoms with Crippen LogP contribution in [0.25, 0.3) is 0 Å². The van der Waals surface area contributed by atoms with Gasteiger partial charge in [-0.05, 0) is 19.1 Å². The molecule has 1 rings (SSSR count). The summed E-state index contributed by atoms with van der Waals surface area (Å²) >= 11 is 0.